The van der Waals surface area contributed by atoms with Crippen LogP contribution in [0.25, 0.3) is 0 Å². The number of nitrogens with one attached hydrogen (secondary N) is 1. The summed E-state index contributed by atoms with van der Waals surface area (Å²) in [6.07, 6.45) is 0.798. The van der Waals surface area contributed by atoms with Crippen LogP contribution in [0.4, 0.5) is 9.18 Å². The molecule has 256 valence electrons. The molecule has 0 aromatic heterocycles. The van der Waals surface area contributed by atoms with Gasteiger partial charge in [0, 0.05) is 41.6 Å². The van der Waals surface area contributed by atoms with Gasteiger partial charge in [0.15, 0.2) is 0 Å². The number of methoxy groups -OCH3 is 1. The van der Waals surface area contributed by atoms with Gasteiger partial charge in [0.2, 0.25) is 11.9 Å². The van der Waals surface area contributed by atoms with Gasteiger partial charge in [-0.05, 0) is 77.4 Å². The van der Waals surface area contributed by atoms with Gasteiger partial charge in [0.1, 0.15) is 28.5 Å². The lowest BCUT2D eigenvalue weighted by Crippen LogP contribution is -2.61. The summed E-state index contributed by atoms with van der Waals surface area (Å²) in [5.74, 6) is -1.79. The van der Waals surface area contributed by atoms with Crippen molar-refractivity contribution in [2.24, 2.45) is 5.92 Å². The van der Waals surface area contributed by atoms with Crippen molar-refractivity contribution >= 4 is 18.0 Å². The van der Waals surface area contributed by atoms with Gasteiger partial charge in [-0.3, -0.25) is 24.7 Å². The Balaban J connectivity index is 1.42. The molecule has 1 aliphatic carbocycles. The van der Waals surface area contributed by atoms with Crippen LogP contribution in [0.5, 0.6) is 11.5 Å². The highest BCUT2D eigenvalue weighted by molar-refractivity contribution is 5.92. The number of piperidine rings is 1. The van der Waals surface area contributed by atoms with Crippen molar-refractivity contribution in [3.05, 3.63) is 93.1 Å². The minimum atomic E-state index is -1.32. The zero-order valence-electron chi connectivity index (χ0n) is 27.9. The topological polar surface area (TPSA) is 141 Å². The molecule has 0 radical (unpaired) electrons. The van der Waals surface area contributed by atoms with E-state index in [0.29, 0.717) is 41.3 Å². The second-order valence-corrected chi connectivity index (χ2v) is 13.3. The van der Waals surface area contributed by atoms with Gasteiger partial charge >= 0.3 is 12.1 Å². The number of hydrogen-bond donors (Lipinski definition) is 1. The molecule has 48 heavy (non-hydrogen) atoms. The number of esters is 1. The highest BCUT2D eigenvalue weighted by Crippen LogP contribution is 2.47. The molecule has 2 aromatic rings. The van der Waals surface area contributed by atoms with Crippen LogP contribution in [0.15, 0.2) is 71.8 Å². The van der Waals surface area contributed by atoms with Crippen LogP contribution in [0, 0.1) is 16.0 Å². The quantitative estimate of drug-likeness (QED) is 0.207. The number of nitro groups is 1. The minimum Gasteiger partial charge on any atom is -0.465 e. The van der Waals surface area contributed by atoms with E-state index in [4.69, 9.17) is 14.2 Å². The lowest BCUT2D eigenvalue weighted by molar-refractivity contribution is -0.531. The first kappa shape index (κ1) is 34.6. The number of allylic oxidation sites excluding steroid dienone is 2. The van der Waals surface area contributed by atoms with Crippen molar-refractivity contribution in [1.29, 1.82) is 0 Å². The summed E-state index contributed by atoms with van der Waals surface area (Å²) in [6.45, 7) is 9.02. The fourth-order valence-corrected chi connectivity index (χ4v) is 6.81. The summed E-state index contributed by atoms with van der Waals surface area (Å²) in [6, 6.07) is 12.4. The molecular weight excluding hydrogens is 623 g/mol. The first-order chi connectivity index (χ1) is 22.7. The van der Waals surface area contributed by atoms with E-state index in [1.807, 2.05) is 0 Å². The summed E-state index contributed by atoms with van der Waals surface area (Å²) in [5, 5.41) is 15.5. The maximum absolute atomic E-state index is 15.3. The largest absolute Gasteiger partial charge is 0.465 e. The number of halogens is 1. The monoisotopic (exact) mass is 664 g/mol. The first-order valence-corrected chi connectivity index (χ1v) is 15.9. The maximum atomic E-state index is 15.3. The van der Waals surface area contributed by atoms with Crippen molar-refractivity contribution in [2.45, 2.75) is 70.6 Å². The van der Waals surface area contributed by atoms with E-state index in [2.05, 4.69) is 5.32 Å². The predicted molar refractivity (Wildman–Crippen MR) is 173 cm³/mol. The molecule has 13 heteroatoms. The number of ether oxygens (including phenoxy) is 3. The van der Waals surface area contributed by atoms with E-state index >= 15 is 4.39 Å². The lowest BCUT2D eigenvalue weighted by atomic mass is 9.76. The number of para-hydroxylation sites is 1. The molecule has 1 N–H and O–H groups in total. The molecular formula is C35H41FN4O8. The van der Waals surface area contributed by atoms with Gasteiger partial charge in [-0.15, -0.1) is 0 Å². The average molecular weight is 665 g/mol. The molecule has 2 fully saturated rings. The Morgan fingerprint density at radius 1 is 1.17 bits per heavy atom. The van der Waals surface area contributed by atoms with Crippen LogP contribution >= 0.6 is 0 Å². The highest BCUT2D eigenvalue weighted by Gasteiger charge is 2.58. The fourth-order valence-electron chi connectivity index (χ4n) is 6.81. The summed E-state index contributed by atoms with van der Waals surface area (Å²) in [4.78, 5) is 54.1. The van der Waals surface area contributed by atoms with Gasteiger partial charge in [-0.1, -0.05) is 18.2 Å². The van der Waals surface area contributed by atoms with Crippen LogP contribution in [0.2, 0.25) is 0 Å². The summed E-state index contributed by atoms with van der Waals surface area (Å²) >= 11 is 0. The molecule has 12 nitrogen and oxygen atoms in total. The second-order valence-electron chi connectivity index (χ2n) is 13.3. The molecule has 0 saturated carbocycles. The van der Waals surface area contributed by atoms with Crippen LogP contribution in [0.1, 0.15) is 69.3 Å². The number of likely N-dealkylation sites (N-methyl/N-ethyl adjacent to an activating group) is 1. The van der Waals surface area contributed by atoms with Crippen LogP contribution in [-0.2, 0) is 14.3 Å². The third kappa shape index (κ3) is 6.64. The van der Waals surface area contributed by atoms with E-state index in [9.17, 15) is 24.5 Å². The van der Waals surface area contributed by atoms with Gasteiger partial charge in [0.05, 0.1) is 30.8 Å². The number of nitrogens with zero attached hydrogens (tertiary/aromatic N) is 3. The van der Waals surface area contributed by atoms with Gasteiger partial charge in [0.25, 0.3) is 0 Å². The van der Waals surface area contributed by atoms with E-state index in [-0.39, 0.29) is 30.1 Å². The molecule has 4 atom stereocenters. The van der Waals surface area contributed by atoms with Crippen molar-refractivity contribution in [1.82, 2.24) is 15.1 Å². The number of likely N-dealkylation sites (tertiary alicyclic amines) is 1. The van der Waals surface area contributed by atoms with Gasteiger partial charge < -0.3 is 19.5 Å². The molecule has 3 aliphatic rings. The summed E-state index contributed by atoms with van der Waals surface area (Å²) in [5.41, 5.74) is -0.509. The van der Waals surface area contributed by atoms with E-state index in [0.717, 1.165) is 0 Å². The Hall–Kier alpha value is -4.78. The maximum Gasteiger partial charge on any atom is 0.414 e. The summed E-state index contributed by atoms with van der Waals surface area (Å²) in [7, 11) is 1.30. The molecule has 2 saturated heterocycles. The minimum absolute atomic E-state index is 0.0717. The first-order valence-electron chi connectivity index (χ1n) is 15.9. The predicted octanol–water partition coefficient (Wildman–Crippen LogP) is 5.93. The number of rotatable bonds is 8. The standard InChI is InChI=1S/C35H41FN4O8/c1-7-39(33(43)48-34(2,3)4)27-19-22(36)18-26-30(27)37-32(42)35(26,5)38-17-16-24(28(20-38)40(44)45)25-10-8-9-11-29(25)47-23-14-12-21(13-15-23)31(41)46-6/h8-15,19,24,26,28H,7,16-18,20H2,1-6H3,(H,37,42)/t24-,26?,28+,35?/m1/s1. The van der Waals surface area contributed by atoms with Crippen LogP contribution in [0.3, 0.4) is 0 Å². The van der Waals surface area contributed by atoms with Crippen molar-refractivity contribution in [2.75, 3.05) is 26.7 Å². The smallest absolute Gasteiger partial charge is 0.414 e. The average Bonchev–Trinajstić information content (AvgIpc) is 3.30. The zero-order chi connectivity index (χ0) is 35.0. The van der Waals surface area contributed by atoms with Crippen LogP contribution < -0.4 is 10.1 Å². The lowest BCUT2D eigenvalue weighted by Gasteiger charge is -2.45. The molecule has 2 aromatic carbocycles. The molecule has 5 rings (SSSR count). The SMILES string of the molecule is CCN(C(=O)OC(C)(C)C)C1=C2NC(=O)C(C)(N3CC[C@H](c4ccccc4Oc4ccc(C(=O)OC)cc4)[C@@H]([N+](=O)[O-])C3)C2CC(F)=C1. The highest BCUT2D eigenvalue weighted by atomic mass is 19.1. The number of carbonyl (C=O) groups is 3. The van der Waals surface area contributed by atoms with Crippen molar-refractivity contribution in [3.8, 4) is 11.5 Å². The Morgan fingerprint density at radius 2 is 1.85 bits per heavy atom. The summed E-state index contributed by atoms with van der Waals surface area (Å²) < 4.78 is 31.8. The fraction of sp³-hybridized carbons (Fsp3) is 0.457. The third-order valence-corrected chi connectivity index (χ3v) is 9.26. The molecule has 0 spiro atoms. The Labute approximate surface area is 278 Å². The number of amides is 2. The van der Waals surface area contributed by atoms with E-state index in [1.165, 1.54) is 18.1 Å². The second kappa shape index (κ2) is 13.4. The Kier molecular flexibility index (Phi) is 9.63. The van der Waals surface area contributed by atoms with Crippen molar-refractivity contribution in [3.63, 3.8) is 0 Å². The third-order valence-electron chi connectivity index (χ3n) is 9.26. The Bertz CT molecular complexity index is 1670. The van der Waals surface area contributed by atoms with E-state index in [1.54, 1.807) is 88.0 Å². The number of benzene rings is 2. The normalized spacial score (nSPS) is 24.3. The molecule has 2 aliphatic heterocycles. The molecule has 2 heterocycles. The number of carbonyl (C=O) groups excluding carboxylic acids is 3. The molecule has 2 amide bonds. The molecule has 2 unspecified atom stereocenters. The zero-order valence-corrected chi connectivity index (χ0v) is 27.9. The Morgan fingerprint density at radius 3 is 2.48 bits per heavy atom. The number of fused-ring (bicyclic) bond motifs is 1. The van der Waals surface area contributed by atoms with E-state index < -0.39 is 52.8 Å². The number of hydrogen-bond acceptors (Lipinski definition) is 9. The van der Waals surface area contributed by atoms with Gasteiger partial charge in [-0.2, -0.15) is 0 Å². The van der Waals surface area contributed by atoms with Gasteiger partial charge in [-0.25, -0.2) is 14.0 Å². The van der Waals surface area contributed by atoms with Crippen molar-refractivity contribution < 1.29 is 37.9 Å². The molecule has 0 bridgehead atoms. The van der Waals surface area contributed by atoms with Crippen LogP contribution in [-0.4, -0.2) is 76.6 Å².